The maximum Gasteiger partial charge on any atom is 0.317 e. The summed E-state index contributed by atoms with van der Waals surface area (Å²) >= 11 is 0. The molecule has 1 saturated heterocycles. The number of hydrogen-bond donors (Lipinski definition) is 1. The number of ether oxygens (including phenoxy) is 2. The molecular weight excluding hydrogens is 270 g/mol. The number of carbonyl (C=O) groups is 1. The zero-order valence-electron chi connectivity index (χ0n) is 12.7. The summed E-state index contributed by atoms with van der Waals surface area (Å²) in [5.41, 5.74) is 2.16. The molecule has 1 atom stereocenters. The number of rotatable bonds is 5. The third kappa shape index (κ3) is 4.99. The lowest BCUT2D eigenvalue weighted by Crippen LogP contribution is -2.45. The molecule has 1 aliphatic rings. The molecule has 1 aromatic heterocycles. The number of likely N-dealkylation sites (N-methyl/N-ethyl adjacent to an activating group) is 1. The van der Waals surface area contributed by atoms with Crippen molar-refractivity contribution >= 4 is 6.03 Å². The molecule has 0 radical (unpaired) electrons. The number of aryl methyl sites for hydroxylation is 1. The van der Waals surface area contributed by atoms with Gasteiger partial charge in [0.25, 0.3) is 0 Å². The molecular formula is C15H23N3O3. The van der Waals surface area contributed by atoms with Gasteiger partial charge in [-0.1, -0.05) is 6.07 Å². The highest BCUT2D eigenvalue weighted by Gasteiger charge is 2.19. The summed E-state index contributed by atoms with van der Waals surface area (Å²) < 4.78 is 10.9. The Hall–Kier alpha value is -1.66. The second kappa shape index (κ2) is 7.95. The van der Waals surface area contributed by atoms with Crippen LogP contribution in [0, 0.1) is 6.92 Å². The molecule has 2 amide bonds. The highest BCUT2D eigenvalue weighted by Crippen LogP contribution is 2.04. The number of nitrogens with zero attached hydrogens (tertiary/aromatic N) is 2. The van der Waals surface area contributed by atoms with E-state index in [-0.39, 0.29) is 12.1 Å². The summed E-state index contributed by atoms with van der Waals surface area (Å²) in [5, 5.41) is 2.90. The molecule has 21 heavy (non-hydrogen) atoms. The summed E-state index contributed by atoms with van der Waals surface area (Å²) in [6.45, 7) is 4.91. The molecule has 1 unspecified atom stereocenters. The highest BCUT2D eigenvalue weighted by atomic mass is 16.6. The highest BCUT2D eigenvalue weighted by molar-refractivity contribution is 5.73. The van der Waals surface area contributed by atoms with Crippen molar-refractivity contribution < 1.29 is 14.3 Å². The van der Waals surface area contributed by atoms with Crippen molar-refractivity contribution in [2.45, 2.75) is 19.4 Å². The lowest BCUT2D eigenvalue weighted by atomic mass is 10.2. The first-order chi connectivity index (χ1) is 10.2. The Morgan fingerprint density at radius 2 is 2.38 bits per heavy atom. The van der Waals surface area contributed by atoms with E-state index in [0.717, 1.165) is 17.7 Å². The zero-order valence-corrected chi connectivity index (χ0v) is 12.7. The third-order valence-electron chi connectivity index (χ3n) is 3.47. The topological polar surface area (TPSA) is 63.7 Å². The Morgan fingerprint density at radius 3 is 3.10 bits per heavy atom. The average molecular weight is 293 g/mol. The van der Waals surface area contributed by atoms with Crippen LogP contribution in [0.25, 0.3) is 0 Å². The van der Waals surface area contributed by atoms with Crippen molar-refractivity contribution in [1.82, 2.24) is 15.2 Å². The molecule has 116 valence electrons. The van der Waals surface area contributed by atoms with E-state index in [0.29, 0.717) is 32.9 Å². The standard InChI is InChI=1S/C15H23N3O3/c1-12-4-3-6-16-14(12)5-7-17-15(19)18(2)10-13-11-20-8-9-21-13/h3-4,6,13H,5,7-11H2,1-2H3,(H,17,19). The van der Waals surface area contributed by atoms with Crippen molar-refractivity contribution in [1.29, 1.82) is 0 Å². The normalized spacial score (nSPS) is 18.3. The van der Waals surface area contributed by atoms with Crippen molar-refractivity contribution in [2.75, 3.05) is 40.0 Å². The smallest absolute Gasteiger partial charge is 0.317 e. The molecule has 0 spiro atoms. The van der Waals surface area contributed by atoms with Crippen LogP contribution in [0.1, 0.15) is 11.3 Å². The Balaban J connectivity index is 1.70. The minimum Gasteiger partial charge on any atom is -0.376 e. The molecule has 0 bridgehead atoms. The molecule has 2 heterocycles. The summed E-state index contributed by atoms with van der Waals surface area (Å²) in [6, 6.07) is 3.84. The summed E-state index contributed by atoms with van der Waals surface area (Å²) in [4.78, 5) is 17.9. The Bertz CT molecular complexity index is 461. The number of urea groups is 1. The van der Waals surface area contributed by atoms with Crippen LogP contribution < -0.4 is 5.32 Å². The fourth-order valence-corrected chi connectivity index (χ4v) is 2.23. The summed E-state index contributed by atoms with van der Waals surface area (Å²) in [5.74, 6) is 0. The fourth-order valence-electron chi connectivity index (χ4n) is 2.23. The van der Waals surface area contributed by atoms with E-state index >= 15 is 0 Å². The van der Waals surface area contributed by atoms with Gasteiger partial charge in [0.2, 0.25) is 0 Å². The quantitative estimate of drug-likeness (QED) is 0.879. The molecule has 6 heteroatoms. The van der Waals surface area contributed by atoms with Gasteiger partial charge in [0.1, 0.15) is 0 Å². The number of carbonyl (C=O) groups excluding carboxylic acids is 1. The SMILES string of the molecule is Cc1cccnc1CCNC(=O)N(C)CC1COCCO1. The number of amides is 2. The van der Waals surface area contributed by atoms with E-state index < -0.39 is 0 Å². The van der Waals surface area contributed by atoms with Crippen LogP contribution in [-0.2, 0) is 15.9 Å². The van der Waals surface area contributed by atoms with Crippen LogP contribution >= 0.6 is 0 Å². The van der Waals surface area contributed by atoms with Crippen molar-refractivity contribution in [3.8, 4) is 0 Å². The van der Waals surface area contributed by atoms with Gasteiger partial charge in [-0.25, -0.2) is 4.79 Å². The van der Waals surface area contributed by atoms with E-state index in [1.165, 1.54) is 0 Å². The van der Waals surface area contributed by atoms with Gasteiger partial charge < -0.3 is 19.7 Å². The minimum atomic E-state index is -0.0993. The molecule has 2 rings (SSSR count). The maximum atomic E-state index is 12.0. The first-order valence-corrected chi connectivity index (χ1v) is 7.25. The largest absolute Gasteiger partial charge is 0.376 e. The molecule has 0 aromatic carbocycles. The van der Waals surface area contributed by atoms with Gasteiger partial charge in [-0.3, -0.25) is 4.98 Å². The van der Waals surface area contributed by atoms with Crippen LogP contribution in [0.4, 0.5) is 4.79 Å². The monoisotopic (exact) mass is 293 g/mol. The van der Waals surface area contributed by atoms with Crippen LogP contribution in [-0.4, -0.2) is 62.0 Å². The number of hydrogen-bond acceptors (Lipinski definition) is 4. The lowest BCUT2D eigenvalue weighted by Gasteiger charge is -2.27. The number of nitrogens with one attached hydrogen (secondary N) is 1. The predicted molar refractivity (Wildman–Crippen MR) is 79.3 cm³/mol. The van der Waals surface area contributed by atoms with E-state index in [4.69, 9.17) is 9.47 Å². The van der Waals surface area contributed by atoms with E-state index in [2.05, 4.69) is 10.3 Å². The van der Waals surface area contributed by atoms with Crippen LogP contribution in [0.15, 0.2) is 18.3 Å². The van der Waals surface area contributed by atoms with Gasteiger partial charge in [0.05, 0.1) is 32.5 Å². The Kier molecular flexibility index (Phi) is 5.95. The summed E-state index contributed by atoms with van der Waals surface area (Å²) in [7, 11) is 1.76. The average Bonchev–Trinajstić information content (AvgIpc) is 2.50. The lowest BCUT2D eigenvalue weighted by molar-refractivity contribution is -0.0928. The molecule has 0 aliphatic carbocycles. The fraction of sp³-hybridized carbons (Fsp3) is 0.600. The zero-order chi connectivity index (χ0) is 15.1. The van der Waals surface area contributed by atoms with Crippen LogP contribution in [0.3, 0.4) is 0 Å². The van der Waals surface area contributed by atoms with E-state index in [1.807, 2.05) is 19.1 Å². The van der Waals surface area contributed by atoms with E-state index in [9.17, 15) is 4.79 Å². The number of pyridine rings is 1. The van der Waals surface area contributed by atoms with Crippen molar-refractivity contribution in [3.63, 3.8) is 0 Å². The Labute approximate surface area is 125 Å². The van der Waals surface area contributed by atoms with Gasteiger partial charge in [-0.15, -0.1) is 0 Å². The van der Waals surface area contributed by atoms with Gasteiger partial charge in [-0.05, 0) is 18.6 Å². The maximum absolute atomic E-state index is 12.0. The third-order valence-corrected chi connectivity index (χ3v) is 3.47. The molecule has 1 aromatic rings. The first kappa shape index (κ1) is 15.7. The minimum absolute atomic E-state index is 0.0347. The van der Waals surface area contributed by atoms with Crippen molar-refractivity contribution in [2.24, 2.45) is 0 Å². The molecule has 1 N–H and O–H groups in total. The molecule has 1 fully saturated rings. The molecule has 0 saturated carbocycles. The molecule has 1 aliphatic heterocycles. The number of aromatic nitrogens is 1. The predicted octanol–water partition coefficient (Wildman–Crippen LogP) is 0.989. The van der Waals surface area contributed by atoms with Gasteiger partial charge in [0, 0.05) is 31.9 Å². The second-order valence-corrected chi connectivity index (χ2v) is 5.20. The first-order valence-electron chi connectivity index (χ1n) is 7.25. The summed E-state index contributed by atoms with van der Waals surface area (Å²) in [6.07, 6.45) is 2.47. The van der Waals surface area contributed by atoms with Gasteiger partial charge in [-0.2, -0.15) is 0 Å². The Morgan fingerprint density at radius 1 is 1.52 bits per heavy atom. The van der Waals surface area contributed by atoms with Gasteiger partial charge in [0.15, 0.2) is 0 Å². The van der Waals surface area contributed by atoms with E-state index in [1.54, 1.807) is 18.1 Å². The van der Waals surface area contributed by atoms with Crippen LogP contribution in [0.5, 0.6) is 0 Å². The van der Waals surface area contributed by atoms with Crippen molar-refractivity contribution in [3.05, 3.63) is 29.6 Å². The van der Waals surface area contributed by atoms with Crippen LogP contribution in [0.2, 0.25) is 0 Å². The molecule has 6 nitrogen and oxygen atoms in total. The second-order valence-electron chi connectivity index (χ2n) is 5.20. The van der Waals surface area contributed by atoms with Gasteiger partial charge >= 0.3 is 6.03 Å².